The van der Waals surface area contributed by atoms with Gasteiger partial charge in [0.15, 0.2) is 5.95 Å². The standard InChI is InChI=1S/C7H11N3O2/c1-12-6(11)3-2-5-4-9-7(8)10-5/h4H,2-3H2,1H3,(H3,8,9,10). The van der Waals surface area contributed by atoms with E-state index in [-0.39, 0.29) is 5.97 Å². The Morgan fingerprint density at radius 2 is 2.58 bits per heavy atom. The predicted octanol–water partition coefficient (Wildman–Crippen LogP) is 0.0975. The van der Waals surface area contributed by atoms with E-state index < -0.39 is 0 Å². The molecule has 0 aliphatic carbocycles. The molecule has 3 N–H and O–H groups in total. The highest BCUT2D eigenvalue weighted by atomic mass is 16.5. The van der Waals surface area contributed by atoms with Gasteiger partial charge >= 0.3 is 5.97 Å². The molecule has 0 amide bonds. The van der Waals surface area contributed by atoms with E-state index in [1.807, 2.05) is 0 Å². The van der Waals surface area contributed by atoms with Crippen LogP contribution in [0, 0.1) is 0 Å². The number of aromatic amines is 1. The lowest BCUT2D eigenvalue weighted by atomic mass is 10.2. The first-order valence-corrected chi connectivity index (χ1v) is 3.58. The first kappa shape index (κ1) is 8.58. The molecule has 0 radical (unpaired) electrons. The predicted molar refractivity (Wildman–Crippen MR) is 43.3 cm³/mol. The Morgan fingerprint density at radius 1 is 1.83 bits per heavy atom. The number of H-pyrrole nitrogens is 1. The Morgan fingerprint density at radius 3 is 3.08 bits per heavy atom. The van der Waals surface area contributed by atoms with Crippen LogP contribution in [0.2, 0.25) is 0 Å². The number of esters is 1. The van der Waals surface area contributed by atoms with Gasteiger partial charge in [-0.2, -0.15) is 0 Å². The lowest BCUT2D eigenvalue weighted by Gasteiger charge is -1.95. The van der Waals surface area contributed by atoms with Gasteiger partial charge in [-0.25, -0.2) is 4.98 Å². The summed E-state index contributed by atoms with van der Waals surface area (Å²) in [6.45, 7) is 0. The lowest BCUT2D eigenvalue weighted by Crippen LogP contribution is -2.02. The zero-order chi connectivity index (χ0) is 8.97. The first-order chi connectivity index (χ1) is 5.72. The molecule has 0 unspecified atom stereocenters. The molecule has 1 heterocycles. The van der Waals surface area contributed by atoms with Crippen molar-refractivity contribution in [1.29, 1.82) is 0 Å². The molecule has 1 rings (SSSR count). The van der Waals surface area contributed by atoms with Crippen LogP contribution in [0.25, 0.3) is 0 Å². The molecule has 12 heavy (non-hydrogen) atoms. The second kappa shape index (κ2) is 3.75. The van der Waals surface area contributed by atoms with Crippen LogP contribution < -0.4 is 5.73 Å². The van der Waals surface area contributed by atoms with Gasteiger partial charge in [0.05, 0.1) is 19.7 Å². The van der Waals surface area contributed by atoms with Gasteiger partial charge in [-0.05, 0) is 6.42 Å². The average molecular weight is 169 g/mol. The van der Waals surface area contributed by atoms with Crippen molar-refractivity contribution < 1.29 is 9.53 Å². The summed E-state index contributed by atoms with van der Waals surface area (Å²) in [5, 5.41) is 0. The number of nitrogens with one attached hydrogen (secondary N) is 1. The molecule has 0 aliphatic rings. The molecule has 0 aliphatic heterocycles. The molecule has 0 atom stereocenters. The van der Waals surface area contributed by atoms with E-state index in [9.17, 15) is 4.79 Å². The Labute approximate surface area is 69.9 Å². The minimum atomic E-state index is -0.233. The molecule has 0 spiro atoms. The van der Waals surface area contributed by atoms with Crippen LogP contribution in [-0.4, -0.2) is 23.0 Å². The van der Waals surface area contributed by atoms with E-state index in [4.69, 9.17) is 5.73 Å². The molecule has 5 heteroatoms. The number of hydrogen-bond donors (Lipinski definition) is 2. The van der Waals surface area contributed by atoms with Crippen molar-refractivity contribution in [1.82, 2.24) is 9.97 Å². The maximum absolute atomic E-state index is 10.7. The highest BCUT2D eigenvalue weighted by molar-refractivity contribution is 5.69. The second-order valence-electron chi connectivity index (χ2n) is 2.37. The van der Waals surface area contributed by atoms with Crippen LogP contribution in [0.15, 0.2) is 6.20 Å². The Bertz CT molecular complexity index is 269. The van der Waals surface area contributed by atoms with Gasteiger partial charge in [-0.1, -0.05) is 0 Å². The number of anilines is 1. The topological polar surface area (TPSA) is 81.0 Å². The van der Waals surface area contributed by atoms with Crippen molar-refractivity contribution in [3.8, 4) is 0 Å². The monoisotopic (exact) mass is 169 g/mol. The summed E-state index contributed by atoms with van der Waals surface area (Å²) in [7, 11) is 1.36. The van der Waals surface area contributed by atoms with E-state index in [1.54, 1.807) is 6.20 Å². The fourth-order valence-corrected chi connectivity index (χ4v) is 0.842. The first-order valence-electron chi connectivity index (χ1n) is 3.58. The van der Waals surface area contributed by atoms with Crippen molar-refractivity contribution in [2.45, 2.75) is 12.8 Å². The number of aryl methyl sites for hydroxylation is 1. The second-order valence-corrected chi connectivity index (χ2v) is 2.37. The van der Waals surface area contributed by atoms with E-state index in [0.29, 0.717) is 18.8 Å². The summed E-state index contributed by atoms with van der Waals surface area (Å²) >= 11 is 0. The van der Waals surface area contributed by atoms with Crippen LogP contribution in [0.4, 0.5) is 5.95 Å². The number of imidazole rings is 1. The maximum atomic E-state index is 10.7. The summed E-state index contributed by atoms with van der Waals surface area (Å²) in [4.78, 5) is 17.3. The van der Waals surface area contributed by atoms with Gasteiger partial charge in [-0.15, -0.1) is 0 Å². The molecule has 66 valence electrons. The van der Waals surface area contributed by atoms with Crippen LogP contribution in [0.1, 0.15) is 12.1 Å². The Balaban J connectivity index is 2.38. The third-order valence-corrected chi connectivity index (χ3v) is 1.47. The molecular weight excluding hydrogens is 158 g/mol. The van der Waals surface area contributed by atoms with Crippen molar-refractivity contribution in [3.63, 3.8) is 0 Å². The number of aromatic nitrogens is 2. The van der Waals surface area contributed by atoms with Crippen LogP contribution in [0.3, 0.4) is 0 Å². The van der Waals surface area contributed by atoms with Gasteiger partial charge in [0.25, 0.3) is 0 Å². The van der Waals surface area contributed by atoms with E-state index >= 15 is 0 Å². The minimum Gasteiger partial charge on any atom is -0.469 e. The normalized spacial score (nSPS) is 9.75. The van der Waals surface area contributed by atoms with Gasteiger partial charge in [0.2, 0.25) is 0 Å². The molecule has 0 bridgehead atoms. The number of nitrogen functional groups attached to an aromatic ring is 1. The van der Waals surface area contributed by atoms with Crippen molar-refractivity contribution in [2.24, 2.45) is 0 Å². The smallest absolute Gasteiger partial charge is 0.305 e. The summed E-state index contributed by atoms with van der Waals surface area (Å²) in [6.07, 6.45) is 2.54. The highest BCUT2D eigenvalue weighted by Crippen LogP contribution is 2.01. The number of rotatable bonds is 3. The molecule has 1 aromatic heterocycles. The van der Waals surface area contributed by atoms with E-state index in [1.165, 1.54) is 7.11 Å². The number of nitrogens with two attached hydrogens (primary N) is 1. The van der Waals surface area contributed by atoms with Crippen LogP contribution in [0.5, 0.6) is 0 Å². The SMILES string of the molecule is COC(=O)CCc1cnc(N)[nH]1. The highest BCUT2D eigenvalue weighted by Gasteiger charge is 2.02. The van der Waals surface area contributed by atoms with Crippen molar-refractivity contribution in [2.75, 3.05) is 12.8 Å². The molecule has 0 saturated carbocycles. The molecular formula is C7H11N3O2. The summed E-state index contributed by atoms with van der Waals surface area (Å²) in [6, 6.07) is 0. The molecule has 0 fully saturated rings. The quantitative estimate of drug-likeness (QED) is 0.628. The van der Waals surface area contributed by atoms with Crippen LogP contribution >= 0.6 is 0 Å². The number of methoxy groups -OCH3 is 1. The fourth-order valence-electron chi connectivity index (χ4n) is 0.842. The minimum absolute atomic E-state index is 0.233. The van der Waals surface area contributed by atoms with Crippen molar-refractivity contribution in [3.05, 3.63) is 11.9 Å². The lowest BCUT2D eigenvalue weighted by molar-refractivity contribution is -0.140. The Hall–Kier alpha value is -1.52. The van der Waals surface area contributed by atoms with E-state index in [0.717, 1.165) is 5.69 Å². The summed E-state index contributed by atoms with van der Waals surface area (Å²) in [5.74, 6) is 0.137. The molecule has 5 nitrogen and oxygen atoms in total. The molecule has 1 aromatic rings. The summed E-state index contributed by atoms with van der Waals surface area (Å²) < 4.78 is 4.47. The molecule has 0 saturated heterocycles. The zero-order valence-corrected chi connectivity index (χ0v) is 6.83. The van der Waals surface area contributed by atoms with Crippen LogP contribution in [-0.2, 0) is 16.0 Å². The van der Waals surface area contributed by atoms with E-state index in [2.05, 4.69) is 14.7 Å². The third-order valence-electron chi connectivity index (χ3n) is 1.47. The van der Waals surface area contributed by atoms with Crippen molar-refractivity contribution >= 4 is 11.9 Å². The number of carbonyl (C=O) groups excluding carboxylic acids is 1. The van der Waals surface area contributed by atoms with Gasteiger partial charge in [0.1, 0.15) is 0 Å². The maximum Gasteiger partial charge on any atom is 0.305 e. The number of nitrogens with zero attached hydrogens (tertiary/aromatic N) is 1. The van der Waals surface area contributed by atoms with Gasteiger partial charge in [0, 0.05) is 5.69 Å². The number of carbonyl (C=O) groups is 1. The number of hydrogen-bond acceptors (Lipinski definition) is 4. The van der Waals surface area contributed by atoms with Gasteiger partial charge < -0.3 is 15.5 Å². The number of ether oxygens (including phenoxy) is 1. The fraction of sp³-hybridized carbons (Fsp3) is 0.429. The largest absolute Gasteiger partial charge is 0.469 e. The zero-order valence-electron chi connectivity index (χ0n) is 6.83. The molecule has 0 aromatic carbocycles. The average Bonchev–Trinajstić information content (AvgIpc) is 2.47. The summed E-state index contributed by atoms with van der Waals surface area (Å²) in [5.41, 5.74) is 6.18. The Kier molecular flexibility index (Phi) is 2.68. The third kappa shape index (κ3) is 2.26. The van der Waals surface area contributed by atoms with Gasteiger partial charge in [-0.3, -0.25) is 4.79 Å².